The maximum atomic E-state index is 13.0. The fourth-order valence-corrected chi connectivity index (χ4v) is 7.22. The van der Waals surface area contributed by atoms with Gasteiger partial charge in [-0.3, -0.25) is 30.0 Å². The highest BCUT2D eigenvalue weighted by Crippen LogP contribution is 2.35. The van der Waals surface area contributed by atoms with Crippen LogP contribution in [0.25, 0.3) is 44.6 Å². The zero-order valence-corrected chi connectivity index (χ0v) is 32.8. The second kappa shape index (κ2) is 16.1. The summed E-state index contributed by atoms with van der Waals surface area (Å²) in [6.07, 6.45) is 4.54. The second-order valence-electron chi connectivity index (χ2n) is 15.0. The highest BCUT2D eigenvalue weighted by atomic mass is 16.5. The largest absolute Gasteiger partial charge is 0.484 e. The Bertz CT molecular complexity index is 2860. The first-order valence-electron chi connectivity index (χ1n) is 19.8. The molecule has 4 aromatic heterocycles. The van der Waals surface area contributed by atoms with Gasteiger partial charge in [0.05, 0.1) is 35.6 Å². The molecule has 5 heterocycles. The topological polar surface area (TPSA) is 250 Å². The summed E-state index contributed by atoms with van der Waals surface area (Å²) in [6.45, 7) is 2.07. The monoisotopic (exact) mass is 820 g/mol. The average molecular weight is 821 g/mol. The number of carbonyl (C=O) groups is 2. The Morgan fingerprint density at radius 3 is 2.21 bits per heavy atom. The maximum absolute atomic E-state index is 13.0. The molecule has 4 aromatic carbocycles. The number of H-pyrrole nitrogens is 4. The summed E-state index contributed by atoms with van der Waals surface area (Å²) in [7, 11) is 0. The smallest absolute Gasteiger partial charge is 0.258 e. The Morgan fingerprint density at radius 1 is 0.754 bits per heavy atom. The first-order valence-corrected chi connectivity index (χ1v) is 19.8. The van der Waals surface area contributed by atoms with E-state index in [1.807, 2.05) is 73.7 Å². The molecule has 19 nitrogen and oxygen atoms in total. The molecule has 8 N–H and O–H groups in total. The lowest BCUT2D eigenvalue weighted by Gasteiger charge is -2.36. The third-order valence-electron chi connectivity index (χ3n) is 10.7. The van der Waals surface area contributed by atoms with Gasteiger partial charge in [-0.25, -0.2) is 0 Å². The van der Waals surface area contributed by atoms with Crippen molar-refractivity contribution in [3.63, 3.8) is 0 Å². The number of aromatic amines is 4. The minimum absolute atomic E-state index is 0.0241. The third-order valence-corrected chi connectivity index (χ3v) is 10.7. The molecule has 0 spiro atoms. The molecule has 2 fully saturated rings. The van der Waals surface area contributed by atoms with Crippen LogP contribution >= 0.6 is 0 Å². The van der Waals surface area contributed by atoms with Crippen LogP contribution in [0, 0.1) is 6.92 Å². The quantitative estimate of drug-likeness (QED) is 0.0638. The summed E-state index contributed by atoms with van der Waals surface area (Å²) >= 11 is 0. The van der Waals surface area contributed by atoms with Gasteiger partial charge in [0.1, 0.15) is 17.6 Å². The van der Waals surface area contributed by atoms with Crippen molar-refractivity contribution in [1.82, 2.24) is 61.4 Å². The van der Waals surface area contributed by atoms with Crippen molar-refractivity contribution in [3.05, 3.63) is 96.3 Å². The lowest BCUT2D eigenvalue weighted by molar-refractivity contribution is -0.134. The Morgan fingerprint density at radius 2 is 1.48 bits per heavy atom. The van der Waals surface area contributed by atoms with Gasteiger partial charge in [0, 0.05) is 39.3 Å². The number of hydrogen-bond acceptors (Lipinski definition) is 13. The molecule has 2 atom stereocenters. The van der Waals surface area contributed by atoms with Gasteiger partial charge in [-0.1, -0.05) is 0 Å². The predicted octanol–water partition coefficient (Wildman–Crippen LogP) is 5.49. The first-order chi connectivity index (χ1) is 29.9. The van der Waals surface area contributed by atoms with Gasteiger partial charge in [-0.2, -0.15) is 20.2 Å². The molecule has 1 aliphatic heterocycles. The first kappa shape index (κ1) is 37.5. The molecule has 8 aromatic rings. The zero-order chi connectivity index (χ0) is 41.3. The fourth-order valence-electron chi connectivity index (χ4n) is 7.22. The van der Waals surface area contributed by atoms with Crippen LogP contribution in [0.1, 0.15) is 36.6 Å². The Hall–Kier alpha value is -7.80. The van der Waals surface area contributed by atoms with Gasteiger partial charge in [-0.05, 0) is 111 Å². The minimum atomic E-state index is -0.430. The van der Waals surface area contributed by atoms with E-state index in [9.17, 15) is 9.59 Å². The number of amides is 2. The fraction of sp³-hybridized carbons (Fsp3) is 0.238. The average Bonchev–Trinajstić information content (AvgIpc) is 4.08. The molecule has 1 saturated carbocycles. The van der Waals surface area contributed by atoms with E-state index in [0.717, 1.165) is 74.8 Å². The number of benzene rings is 4. The highest BCUT2D eigenvalue weighted by molar-refractivity contribution is 5.86. The van der Waals surface area contributed by atoms with Gasteiger partial charge in [0.15, 0.2) is 24.9 Å². The molecule has 0 bridgehead atoms. The number of nitrogens with one attached hydrogen (secondary N) is 8. The van der Waals surface area contributed by atoms with Crippen molar-refractivity contribution in [2.75, 3.05) is 30.5 Å². The van der Waals surface area contributed by atoms with Crippen molar-refractivity contribution in [2.24, 2.45) is 0 Å². The molecule has 19 heteroatoms. The van der Waals surface area contributed by atoms with Crippen LogP contribution in [0.3, 0.4) is 0 Å². The number of aryl methyl sites for hydroxylation is 1. The van der Waals surface area contributed by atoms with Crippen LogP contribution in [-0.2, 0) is 14.3 Å². The van der Waals surface area contributed by atoms with Gasteiger partial charge >= 0.3 is 0 Å². The van der Waals surface area contributed by atoms with Crippen molar-refractivity contribution in [2.45, 2.75) is 44.4 Å². The van der Waals surface area contributed by atoms with Crippen molar-refractivity contribution < 1.29 is 23.8 Å². The molecule has 61 heavy (non-hydrogen) atoms. The summed E-state index contributed by atoms with van der Waals surface area (Å²) in [6, 6.07) is 24.4. The molecule has 10 rings (SSSR count). The Labute approximate surface area is 346 Å². The summed E-state index contributed by atoms with van der Waals surface area (Å²) in [5, 5.41) is 43.4. The number of ether oxygens (including phenoxy) is 3. The zero-order valence-electron chi connectivity index (χ0n) is 32.8. The number of aromatic nitrogens is 10. The van der Waals surface area contributed by atoms with E-state index in [0.29, 0.717) is 41.7 Å². The van der Waals surface area contributed by atoms with Crippen LogP contribution in [0.2, 0.25) is 0 Å². The van der Waals surface area contributed by atoms with Crippen LogP contribution in [0.15, 0.2) is 85.1 Å². The van der Waals surface area contributed by atoms with Gasteiger partial charge in [0.2, 0.25) is 11.9 Å². The third kappa shape index (κ3) is 8.13. The molecule has 1 saturated heterocycles. The maximum Gasteiger partial charge on any atom is 0.258 e. The lowest BCUT2D eigenvalue weighted by Crippen LogP contribution is -2.52. The standard InChI is InChI=1S/C42H40N14O5/c1-22-15-24(7-14-34(22)60-21-35(57)44-26-3-2-4-26)40-49-42(56-54-40)46-28-9-13-32-30(17-28)37(52-51-32)38-33(19-61-38)47-36(58)20-59-29-10-5-23(6-11-29)39-48-41(55-53-39)45-27-8-12-31-25(16-27)18-43-50-31/h5-18,26,33,38H,2-4,19-21H2,1H3,(H,43,50)(H,44,57)(H,47,58)(H,51,52)(H2,45,48,53,55)(H2,46,49,54,56). The normalized spacial score (nSPS) is 16.1. The molecule has 2 unspecified atom stereocenters. The van der Waals surface area contributed by atoms with Crippen LogP contribution in [0.4, 0.5) is 23.3 Å². The minimum Gasteiger partial charge on any atom is -0.484 e. The number of carbonyl (C=O) groups excluding carboxylic acids is 2. The SMILES string of the molecule is Cc1cc(-c2nc(Nc3ccc4n[nH]c(C5OCC5NC(=O)COc5ccc(-c6nc(Nc7ccc8[nH]ncc8c7)n[nH]6)cc5)c4c3)n[nH]2)ccc1OCC(=O)NC1CCC1. The second-order valence-corrected chi connectivity index (χ2v) is 15.0. The lowest BCUT2D eigenvalue weighted by atomic mass is 9.93. The summed E-state index contributed by atoms with van der Waals surface area (Å²) in [5.41, 5.74) is 6.50. The molecule has 1 aliphatic carbocycles. The van der Waals surface area contributed by atoms with Crippen LogP contribution in [-0.4, -0.2) is 94.5 Å². The summed E-state index contributed by atoms with van der Waals surface area (Å²) in [4.78, 5) is 34.4. The molecule has 308 valence electrons. The number of anilines is 4. The number of hydrogen-bond donors (Lipinski definition) is 8. The number of rotatable bonds is 15. The molecule has 0 radical (unpaired) electrons. The molecular formula is C42H40N14O5. The Balaban J connectivity index is 0.715. The summed E-state index contributed by atoms with van der Waals surface area (Å²) in [5.74, 6) is 2.74. The van der Waals surface area contributed by atoms with E-state index in [4.69, 9.17) is 14.2 Å². The molecular weight excluding hydrogens is 781 g/mol. The number of nitrogens with zero attached hydrogens (tertiary/aromatic N) is 6. The van der Waals surface area contributed by atoms with Crippen LogP contribution in [0.5, 0.6) is 11.5 Å². The summed E-state index contributed by atoms with van der Waals surface area (Å²) < 4.78 is 17.5. The van der Waals surface area contributed by atoms with Crippen molar-refractivity contribution >= 4 is 56.9 Å². The van der Waals surface area contributed by atoms with Gasteiger partial charge in [0.25, 0.3) is 11.8 Å². The van der Waals surface area contributed by atoms with Crippen LogP contribution < -0.4 is 30.7 Å². The van der Waals surface area contributed by atoms with Crippen molar-refractivity contribution in [3.8, 4) is 34.3 Å². The Kier molecular flexibility index (Phi) is 9.89. The van der Waals surface area contributed by atoms with Gasteiger partial charge < -0.3 is 35.5 Å². The molecule has 2 amide bonds. The van der Waals surface area contributed by atoms with E-state index < -0.39 is 6.10 Å². The van der Waals surface area contributed by atoms with Crippen molar-refractivity contribution in [1.29, 1.82) is 0 Å². The number of fused-ring (bicyclic) bond motifs is 2. The van der Waals surface area contributed by atoms with E-state index >= 15 is 0 Å². The predicted molar refractivity (Wildman–Crippen MR) is 225 cm³/mol. The van der Waals surface area contributed by atoms with E-state index in [2.05, 4.69) is 72.0 Å². The van der Waals surface area contributed by atoms with E-state index in [1.54, 1.807) is 18.3 Å². The van der Waals surface area contributed by atoms with E-state index in [1.165, 1.54) is 0 Å². The van der Waals surface area contributed by atoms with E-state index in [-0.39, 0.29) is 37.1 Å². The molecule has 2 aliphatic rings. The van der Waals surface area contributed by atoms with Gasteiger partial charge in [-0.15, -0.1) is 10.2 Å². The highest BCUT2D eigenvalue weighted by Gasteiger charge is 2.37.